The van der Waals surface area contributed by atoms with Gasteiger partial charge in [0.1, 0.15) is 0 Å². The summed E-state index contributed by atoms with van der Waals surface area (Å²) in [5.41, 5.74) is 0.603. The highest BCUT2D eigenvalue weighted by atomic mass is 16.3. The minimum absolute atomic E-state index is 0.0711. The molecular weight excluding hydrogens is 208 g/mol. The van der Waals surface area contributed by atoms with E-state index in [1.807, 2.05) is 24.3 Å². The molecule has 0 amide bonds. The summed E-state index contributed by atoms with van der Waals surface area (Å²) >= 11 is 0. The molecule has 2 rings (SSSR count). The van der Waals surface area contributed by atoms with Crippen LogP contribution in [0.25, 0.3) is 0 Å². The summed E-state index contributed by atoms with van der Waals surface area (Å²) in [6.45, 7) is 3.93. The summed E-state index contributed by atoms with van der Waals surface area (Å²) in [6, 6.07) is 10.3. The maximum atomic E-state index is 10.9. The third kappa shape index (κ3) is 2.78. The number of benzene rings is 1. The molecule has 0 saturated heterocycles. The molecule has 1 fully saturated rings. The van der Waals surface area contributed by atoms with Gasteiger partial charge < -0.3 is 5.11 Å². The molecule has 1 aliphatic rings. The van der Waals surface area contributed by atoms with Crippen LogP contribution in [0, 0.1) is 0 Å². The quantitative estimate of drug-likeness (QED) is 0.613. The predicted octanol–water partition coefficient (Wildman–Crippen LogP) is 4.04. The molecule has 1 nitrogen and oxygen atoms in total. The lowest BCUT2D eigenvalue weighted by molar-refractivity contribution is 0.0108. The Morgan fingerprint density at radius 1 is 1.06 bits per heavy atom. The molecule has 92 valence electrons. The van der Waals surface area contributed by atoms with Crippen molar-refractivity contribution < 1.29 is 5.11 Å². The molecule has 1 aromatic carbocycles. The second-order valence-corrected chi connectivity index (χ2v) is 5.14. The first kappa shape index (κ1) is 12.4. The van der Waals surface area contributed by atoms with Crippen LogP contribution in [0.1, 0.15) is 50.0 Å². The maximum Gasteiger partial charge on any atom is 0.0750 e. The summed E-state index contributed by atoms with van der Waals surface area (Å²) in [4.78, 5) is 0. The smallest absolute Gasteiger partial charge is 0.0750 e. The van der Waals surface area contributed by atoms with Crippen LogP contribution in [-0.4, -0.2) is 10.7 Å². The Morgan fingerprint density at radius 3 is 2.18 bits per heavy atom. The van der Waals surface area contributed by atoms with E-state index in [2.05, 4.69) is 18.7 Å². The average Bonchev–Trinajstić information content (AvgIpc) is 2.57. The van der Waals surface area contributed by atoms with E-state index in [0.717, 1.165) is 25.7 Å². The van der Waals surface area contributed by atoms with Gasteiger partial charge in [0.15, 0.2) is 0 Å². The highest BCUT2D eigenvalue weighted by Gasteiger charge is 2.35. The van der Waals surface area contributed by atoms with Gasteiger partial charge in [0, 0.05) is 5.92 Å². The van der Waals surface area contributed by atoms with Crippen molar-refractivity contribution in [3.63, 3.8) is 0 Å². The minimum atomic E-state index is -0.584. The fourth-order valence-corrected chi connectivity index (χ4v) is 2.98. The van der Waals surface area contributed by atoms with Crippen molar-refractivity contribution in [1.82, 2.24) is 0 Å². The summed E-state index contributed by atoms with van der Waals surface area (Å²) < 4.78 is 0. The van der Waals surface area contributed by atoms with Crippen LogP contribution in [0.5, 0.6) is 0 Å². The molecule has 0 heterocycles. The Hall–Kier alpha value is -1.08. The third-order valence-electron chi connectivity index (χ3n) is 3.94. The summed E-state index contributed by atoms with van der Waals surface area (Å²) in [5, 5.41) is 10.9. The molecule has 0 radical (unpaired) electrons. The van der Waals surface area contributed by atoms with Crippen molar-refractivity contribution >= 4 is 0 Å². The molecule has 1 N–H and O–H groups in total. The molecule has 0 bridgehead atoms. The van der Waals surface area contributed by atoms with E-state index in [-0.39, 0.29) is 5.92 Å². The van der Waals surface area contributed by atoms with E-state index in [4.69, 9.17) is 0 Å². The number of aliphatic hydroxyl groups is 1. The molecule has 0 spiro atoms. The Bertz CT molecular complexity index is 347. The first-order valence-corrected chi connectivity index (χ1v) is 6.66. The van der Waals surface area contributed by atoms with Crippen LogP contribution in [0.4, 0.5) is 0 Å². The van der Waals surface area contributed by atoms with Crippen molar-refractivity contribution in [3.05, 3.63) is 48.6 Å². The number of rotatable bonds is 3. The van der Waals surface area contributed by atoms with E-state index >= 15 is 0 Å². The Balaban J connectivity index is 2.25. The van der Waals surface area contributed by atoms with Gasteiger partial charge in [0.25, 0.3) is 0 Å². The zero-order valence-corrected chi connectivity index (χ0v) is 10.4. The van der Waals surface area contributed by atoms with Gasteiger partial charge >= 0.3 is 0 Å². The van der Waals surface area contributed by atoms with Gasteiger partial charge in [0.2, 0.25) is 0 Å². The van der Waals surface area contributed by atoms with Crippen molar-refractivity contribution in [2.75, 3.05) is 0 Å². The predicted molar refractivity (Wildman–Crippen MR) is 72.0 cm³/mol. The van der Waals surface area contributed by atoms with Crippen LogP contribution in [0.2, 0.25) is 0 Å². The molecule has 1 unspecified atom stereocenters. The van der Waals surface area contributed by atoms with Gasteiger partial charge in [-0.1, -0.05) is 62.1 Å². The fraction of sp³-hybridized carbons (Fsp3) is 0.500. The third-order valence-corrected chi connectivity index (χ3v) is 3.94. The van der Waals surface area contributed by atoms with Crippen molar-refractivity contribution in [3.8, 4) is 0 Å². The highest BCUT2D eigenvalue weighted by Crippen LogP contribution is 2.39. The van der Waals surface area contributed by atoms with Gasteiger partial charge in [-0.3, -0.25) is 0 Å². The number of hydrogen-bond donors (Lipinski definition) is 1. The van der Waals surface area contributed by atoms with Crippen molar-refractivity contribution in [2.45, 2.75) is 50.0 Å². The summed E-state index contributed by atoms with van der Waals surface area (Å²) in [5.74, 6) is 0.0711. The molecular formula is C16H22O. The van der Waals surface area contributed by atoms with Crippen LogP contribution < -0.4 is 0 Å². The summed E-state index contributed by atoms with van der Waals surface area (Å²) in [7, 11) is 0. The monoisotopic (exact) mass is 230 g/mol. The molecule has 1 saturated carbocycles. The second kappa shape index (κ2) is 5.50. The van der Waals surface area contributed by atoms with E-state index in [9.17, 15) is 5.11 Å². The van der Waals surface area contributed by atoms with E-state index in [1.54, 1.807) is 0 Å². The van der Waals surface area contributed by atoms with Crippen LogP contribution in [0.15, 0.2) is 43.0 Å². The first-order chi connectivity index (χ1) is 8.26. The largest absolute Gasteiger partial charge is 0.389 e. The lowest BCUT2D eigenvalue weighted by Gasteiger charge is -2.34. The Morgan fingerprint density at radius 2 is 1.65 bits per heavy atom. The van der Waals surface area contributed by atoms with Gasteiger partial charge in [-0.2, -0.15) is 0 Å². The van der Waals surface area contributed by atoms with Crippen LogP contribution in [-0.2, 0) is 0 Å². The van der Waals surface area contributed by atoms with Gasteiger partial charge in [-0.25, -0.2) is 0 Å². The Labute approximate surface area is 104 Å². The van der Waals surface area contributed by atoms with Gasteiger partial charge in [-0.05, 0) is 18.4 Å². The summed E-state index contributed by atoms with van der Waals surface area (Å²) in [6.07, 6.45) is 8.49. The lowest BCUT2D eigenvalue weighted by atomic mass is 9.77. The fourth-order valence-electron chi connectivity index (χ4n) is 2.98. The van der Waals surface area contributed by atoms with Gasteiger partial charge in [-0.15, -0.1) is 6.58 Å². The van der Waals surface area contributed by atoms with E-state index in [1.165, 1.54) is 18.4 Å². The molecule has 0 aromatic heterocycles. The maximum absolute atomic E-state index is 10.9. The van der Waals surface area contributed by atoms with Crippen LogP contribution >= 0.6 is 0 Å². The normalized spacial score (nSPS) is 21.5. The molecule has 1 atom stereocenters. The lowest BCUT2D eigenvalue weighted by Crippen LogP contribution is -2.34. The highest BCUT2D eigenvalue weighted by molar-refractivity contribution is 5.27. The van der Waals surface area contributed by atoms with Gasteiger partial charge in [0.05, 0.1) is 5.60 Å². The first-order valence-electron chi connectivity index (χ1n) is 6.66. The molecule has 1 aliphatic carbocycles. The zero-order chi connectivity index (χ0) is 12.1. The second-order valence-electron chi connectivity index (χ2n) is 5.14. The molecule has 0 aliphatic heterocycles. The van der Waals surface area contributed by atoms with Crippen molar-refractivity contribution in [1.29, 1.82) is 0 Å². The Kier molecular flexibility index (Phi) is 4.01. The minimum Gasteiger partial charge on any atom is -0.389 e. The topological polar surface area (TPSA) is 20.2 Å². The molecule has 1 heteroatoms. The number of hydrogen-bond acceptors (Lipinski definition) is 1. The molecule has 1 aromatic rings. The van der Waals surface area contributed by atoms with E-state index in [0.29, 0.717) is 0 Å². The SMILES string of the molecule is C=CC(c1ccccc1)C1(O)CCCCCC1. The molecule has 17 heavy (non-hydrogen) atoms. The van der Waals surface area contributed by atoms with Crippen LogP contribution in [0.3, 0.4) is 0 Å². The average molecular weight is 230 g/mol. The van der Waals surface area contributed by atoms with E-state index < -0.39 is 5.60 Å². The van der Waals surface area contributed by atoms with Crippen molar-refractivity contribution in [2.24, 2.45) is 0 Å². The zero-order valence-electron chi connectivity index (χ0n) is 10.4. The standard InChI is InChI=1S/C16H22O/c1-2-15(14-10-6-5-7-11-14)16(17)12-8-3-4-9-13-16/h2,5-7,10-11,15,17H,1,3-4,8-9,12-13H2.